The normalized spacial score (nSPS) is 14.1. The van der Waals surface area contributed by atoms with Gasteiger partial charge in [-0.25, -0.2) is 9.59 Å². The van der Waals surface area contributed by atoms with Crippen LogP contribution in [0.3, 0.4) is 0 Å². The van der Waals surface area contributed by atoms with E-state index >= 15 is 0 Å². The number of hydrogen-bond acceptors (Lipinski definition) is 10. The first-order chi connectivity index (χ1) is 15.2. The quantitative estimate of drug-likeness (QED) is 0.202. The molecule has 0 radical (unpaired) electrons. The maximum atomic E-state index is 11.4. The van der Waals surface area contributed by atoms with Crippen LogP contribution in [0.5, 0.6) is 0 Å². The van der Waals surface area contributed by atoms with Gasteiger partial charge < -0.3 is 36.0 Å². The van der Waals surface area contributed by atoms with Gasteiger partial charge >= 0.3 is 29.5 Å². The third kappa shape index (κ3) is 10.0. The number of carbonyl (C=O) groups is 2. The third-order valence-corrected chi connectivity index (χ3v) is 10.4. The summed E-state index contributed by atoms with van der Waals surface area (Å²) < 4.78 is 42.0. The summed E-state index contributed by atoms with van der Waals surface area (Å²) in [5.41, 5.74) is -0.979. The van der Waals surface area contributed by atoms with E-state index in [4.69, 9.17) is 36.0 Å². The van der Waals surface area contributed by atoms with Crippen LogP contribution in [0.15, 0.2) is 24.3 Å². The molecule has 0 saturated carbocycles. The van der Waals surface area contributed by atoms with Crippen molar-refractivity contribution < 1.29 is 45.6 Å². The van der Waals surface area contributed by atoms with Gasteiger partial charge in [-0.15, -0.1) is 0 Å². The van der Waals surface area contributed by atoms with Crippen LogP contribution in [0.4, 0.5) is 0 Å². The first kappa shape index (κ1) is 32.8. The zero-order chi connectivity index (χ0) is 25.2. The van der Waals surface area contributed by atoms with Gasteiger partial charge in [0.15, 0.2) is 11.5 Å². The average Bonchev–Trinajstić information content (AvgIpc) is 2.81. The van der Waals surface area contributed by atoms with Gasteiger partial charge in [0.25, 0.3) is 0 Å². The summed E-state index contributed by atoms with van der Waals surface area (Å²) in [5, 5.41) is 0. The summed E-state index contributed by atoms with van der Waals surface area (Å²) in [4.78, 5) is 22.7. The summed E-state index contributed by atoms with van der Waals surface area (Å²) in [6.07, 6.45) is 7.08. The standard InChI is InChI=1S/2C10H20O5Si/c2*1-6-8-9(11)15-10(7-2)16(12-3,13-4)14-5/h2*6,8,10H,7H2,1-5H3/b2*8-6+. The molecule has 0 aromatic carbocycles. The van der Waals surface area contributed by atoms with Gasteiger partial charge in [0, 0.05) is 54.8 Å². The topological polar surface area (TPSA) is 108 Å². The molecule has 0 aliphatic carbocycles. The minimum atomic E-state index is -2.92. The van der Waals surface area contributed by atoms with Crippen molar-refractivity contribution in [2.45, 2.75) is 52.0 Å². The predicted octanol–water partition coefficient (Wildman–Crippen LogP) is 2.60. The SMILES string of the molecule is C/C=C/C(=O)OC(CC)[Si](OC)(OC)OC.C/C=C/C(=O)OC(CC)[Si](OC)(OC)OC. The number of allylic oxidation sites excluding steroid dienone is 2. The second kappa shape index (κ2) is 18.1. The van der Waals surface area contributed by atoms with Crippen molar-refractivity contribution in [1.82, 2.24) is 0 Å². The highest BCUT2D eigenvalue weighted by Gasteiger charge is 2.50. The molecule has 0 saturated heterocycles. The maximum Gasteiger partial charge on any atom is 0.543 e. The van der Waals surface area contributed by atoms with E-state index in [1.807, 2.05) is 13.8 Å². The molecule has 188 valence electrons. The van der Waals surface area contributed by atoms with Gasteiger partial charge in [0.2, 0.25) is 0 Å². The lowest BCUT2D eigenvalue weighted by Gasteiger charge is -2.30. The lowest BCUT2D eigenvalue weighted by molar-refractivity contribution is -0.143. The fourth-order valence-electron chi connectivity index (χ4n) is 2.73. The smallest absolute Gasteiger partial charge is 0.455 e. The monoisotopic (exact) mass is 496 g/mol. The summed E-state index contributed by atoms with van der Waals surface area (Å²) >= 11 is 0. The number of rotatable bonds is 14. The number of hydrogen-bond donors (Lipinski definition) is 0. The summed E-state index contributed by atoms with van der Waals surface area (Å²) in [6.45, 7) is 7.25. The van der Waals surface area contributed by atoms with Crippen molar-refractivity contribution in [2.24, 2.45) is 0 Å². The molecule has 0 fully saturated rings. The van der Waals surface area contributed by atoms with E-state index in [0.717, 1.165) is 0 Å². The van der Waals surface area contributed by atoms with E-state index in [2.05, 4.69) is 0 Å². The average molecular weight is 497 g/mol. The maximum absolute atomic E-state index is 11.4. The Balaban J connectivity index is 0. The molecule has 0 heterocycles. The van der Waals surface area contributed by atoms with Crippen LogP contribution in [0.25, 0.3) is 0 Å². The lowest BCUT2D eigenvalue weighted by Crippen LogP contribution is -2.55. The van der Waals surface area contributed by atoms with Gasteiger partial charge in [0.05, 0.1) is 0 Å². The molecule has 0 aliphatic heterocycles. The van der Waals surface area contributed by atoms with Gasteiger partial charge in [-0.2, -0.15) is 0 Å². The first-order valence-corrected chi connectivity index (χ1v) is 13.8. The largest absolute Gasteiger partial charge is 0.543 e. The van der Waals surface area contributed by atoms with Crippen LogP contribution in [-0.4, -0.2) is 83.7 Å². The van der Waals surface area contributed by atoms with Crippen LogP contribution < -0.4 is 0 Å². The molecule has 0 bridgehead atoms. The Labute approximate surface area is 194 Å². The van der Waals surface area contributed by atoms with Crippen molar-refractivity contribution in [3.63, 3.8) is 0 Å². The number of ether oxygens (including phenoxy) is 2. The van der Waals surface area contributed by atoms with Gasteiger partial charge in [0.1, 0.15) is 0 Å². The summed E-state index contributed by atoms with van der Waals surface area (Å²) in [5.74, 6) is -0.838. The molecule has 0 spiro atoms. The Kier molecular flexibility index (Phi) is 18.5. The zero-order valence-corrected chi connectivity index (χ0v) is 23.0. The first-order valence-electron chi connectivity index (χ1n) is 10.2. The molecular formula is C20H40O10Si2. The molecule has 32 heavy (non-hydrogen) atoms. The van der Waals surface area contributed by atoms with E-state index in [1.54, 1.807) is 26.0 Å². The molecule has 0 rings (SSSR count). The van der Waals surface area contributed by atoms with E-state index in [0.29, 0.717) is 12.8 Å². The summed E-state index contributed by atoms with van der Waals surface area (Å²) in [6, 6.07) is 0. The molecule has 10 nitrogen and oxygen atoms in total. The van der Waals surface area contributed by atoms with E-state index < -0.39 is 41.0 Å². The molecule has 0 aromatic rings. The van der Waals surface area contributed by atoms with Gasteiger partial charge in [-0.3, -0.25) is 0 Å². The second-order valence-electron chi connectivity index (χ2n) is 6.10. The van der Waals surface area contributed by atoms with Crippen molar-refractivity contribution in [3.05, 3.63) is 24.3 Å². The Morgan fingerprint density at radius 2 is 0.875 bits per heavy atom. The lowest BCUT2D eigenvalue weighted by atomic mass is 10.5. The predicted molar refractivity (Wildman–Crippen MR) is 124 cm³/mol. The third-order valence-electron chi connectivity index (χ3n) is 4.36. The minimum Gasteiger partial charge on any atom is -0.455 e. The van der Waals surface area contributed by atoms with Crippen molar-refractivity contribution in [2.75, 3.05) is 42.7 Å². The Hall–Kier alpha value is -1.39. The van der Waals surface area contributed by atoms with Crippen LogP contribution in [-0.2, 0) is 45.6 Å². The molecule has 2 atom stereocenters. The molecule has 2 unspecified atom stereocenters. The van der Waals surface area contributed by atoms with Gasteiger partial charge in [-0.05, 0) is 26.7 Å². The van der Waals surface area contributed by atoms with E-state index in [9.17, 15) is 9.59 Å². The Morgan fingerprint density at radius 3 is 1.03 bits per heavy atom. The van der Waals surface area contributed by atoms with Crippen LogP contribution >= 0.6 is 0 Å². The van der Waals surface area contributed by atoms with Gasteiger partial charge in [-0.1, -0.05) is 26.0 Å². The van der Waals surface area contributed by atoms with Crippen LogP contribution in [0.1, 0.15) is 40.5 Å². The Bertz CT molecular complexity index is 508. The van der Waals surface area contributed by atoms with Crippen molar-refractivity contribution in [3.8, 4) is 0 Å². The minimum absolute atomic E-state index is 0.419. The Morgan fingerprint density at radius 1 is 0.625 bits per heavy atom. The molecule has 0 aromatic heterocycles. The fourth-order valence-corrected chi connectivity index (χ4v) is 6.83. The second-order valence-corrected chi connectivity index (χ2v) is 12.3. The fraction of sp³-hybridized carbons (Fsp3) is 0.700. The molecule has 12 heteroatoms. The van der Waals surface area contributed by atoms with E-state index in [1.165, 1.54) is 54.8 Å². The highest BCUT2D eigenvalue weighted by atomic mass is 28.4. The van der Waals surface area contributed by atoms with E-state index in [-0.39, 0.29) is 0 Å². The molecule has 0 N–H and O–H groups in total. The van der Waals surface area contributed by atoms with Crippen LogP contribution in [0, 0.1) is 0 Å². The van der Waals surface area contributed by atoms with Crippen molar-refractivity contribution >= 4 is 29.5 Å². The van der Waals surface area contributed by atoms with Crippen molar-refractivity contribution in [1.29, 1.82) is 0 Å². The zero-order valence-electron chi connectivity index (χ0n) is 21.0. The highest BCUT2D eigenvalue weighted by molar-refractivity contribution is 6.62. The number of esters is 2. The molecular weight excluding hydrogens is 456 g/mol. The molecule has 0 amide bonds. The number of carbonyl (C=O) groups excluding carboxylic acids is 2. The molecule has 0 aliphatic rings. The summed E-state index contributed by atoms with van der Waals surface area (Å²) in [7, 11) is 3.12. The van der Waals surface area contributed by atoms with Crippen LogP contribution in [0.2, 0.25) is 0 Å². The highest BCUT2D eigenvalue weighted by Crippen LogP contribution is 2.19.